The summed E-state index contributed by atoms with van der Waals surface area (Å²) in [6, 6.07) is 3.28. The molecule has 84 valence electrons. The third-order valence-electron chi connectivity index (χ3n) is 1.88. The Hall–Kier alpha value is -1.86. The van der Waals surface area contributed by atoms with Gasteiger partial charge in [-0.3, -0.25) is 0 Å². The summed E-state index contributed by atoms with van der Waals surface area (Å²) < 4.78 is 4.62. The summed E-state index contributed by atoms with van der Waals surface area (Å²) in [6.07, 6.45) is 2.77. The van der Waals surface area contributed by atoms with Gasteiger partial charge >= 0.3 is 5.97 Å². The van der Waals surface area contributed by atoms with Crippen molar-refractivity contribution in [2.24, 2.45) is 0 Å². The first-order chi connectivity index (χ1) is 7.79. The van der Waals surface area contributed by atoms with Gasteiger partial charge in [0, 0.05) is 19.2 Å². The number of carbonyl (C=O) groups excluding carboxylic acids is 1. The highest BCUT2D eigenvalue weighted by atomic mass is 16.5. The molecule has 0 saturated carbocycles. The maximum atomic E-state index is 11.4. The molecule has 4 heteroatoms. The maximum Gasteiger partial charge on any atom is 0.340 e. The zero-order valence-electron chi connectivity index (χ0n) is 9.06. The van der Waals surface area contributed by atoms with Crippen molar-refractivity contribution < 1.29 is 14.6 Å². The van der Waals surface area contributed by atoms with Gasteiger partial charge in [0.25, 0.3) is 0 Å². The quantitative estimate of drug-likeness (QED) is 0.468. The van der Waals surface area contributed by atoms with E-state index in [-0.39, 0.29) is 6.61 Å². The average molecular weight is 219 g/mol. The molecule has 0 spiro atoms. The number of esters is 1. The monoisotopic (exact) mass is 219 g/mol. The summed E-state index contributed by atoms with van der Waals surface area (Å²) in [6.45, 7) is 0.112. The van der Waals surface area contributed by atoms with Gasteiger partial charge in [-0.25, -0.2) is 9.78 Å². The number of carbonyl (C=O) groups is 1. The topological polar surface area (TPSA) is 59.4 Å². The summed E-state index contributed by atoms with van der Waals surface area (Å²) in [4.78, 5) is 15.4. The molecule has 0 atom stereocenters. The van der Waals surface area contributed by atoms with E-state index in [9.17, 15) is 4.79 Å². The van der Waals surface area contributed by atoms with E-state index in [1.807, 2.05) is 0 Å². The Kier molecular flexibility index (Phi) is 5.03. The molecule has 0 bridgehead atoms. The zero-order valence-corrected chi connectivity index (χ0v) is 9.06. The highest BCUT2D eigenvalue weighted by molar-refractivity contribution is 5.91. The van der Waals surface area contributed by atoms with Crippen LogP contribution in [0.4, 0.5) is 0 Å². The third-order valence-corrected chi connectivity index (χ3v) is 1.88. The average Bonchev–Trinajstić information content (AvgIpc) is 2.34. The number of unbranched alkanes of at least 4 members (excludes halogenated alkanes) is 1. The van der Waals surface area contributed by atoms with E-state index in [4.69, 9.17) is 5.11 Å². The number of methoxy groups -OCH3 is 1. The fourth-order valence-corrected chi connectivity index (χ4v) is 1.09. The number of pyridine rings is 1. The highest BCUT2D eigenvalue weighted by Gasteiger charge is 2.09. The van der Waals surface area contributed by atoms with Crippen molar-refractivity contribution in [1.82, 2.24) is 4.98 Å². The molecule has 0 aliphatic rings. The first-order valence-electron chi connectivity index (χ1n) is 4.92. The number of aromatic nitrogens is 1. The minimum absolute atomic E-state index is 0.112. The lowest BCUT2D eigenvalue weighted by Crippen LogP contribution is -2.05. The summed E-state index contributed by atoms with van der Waals surface area (Å²) >= 11 is 0. The van der Waals surface area contributed by atoms with Gasteiger partial charge in [0.15, 0.2) is 0 Å². The van der Waals surface area contributed by atoms with E-state index in [0.717, 1.165) is 0 Å². The predicted octanol–water partition coefficient (Wildman–Crippen LogP) is 0.992. The van der Waals surface area contributed by atoms with E-state index < -0.39 is 5.97 Å². The molecule has 0 aliphatic heterocycles. The molecule has 1 aromatic heterocycles. The van der Waals surface area contributed by atoms with Gasteiger partial charge in [-0.2, -0.15) is 0 Å². The summed E-state index contributed by atoms with van der Waals surface area (Å²) in [7, 11) is 1.32. The van der Waals surface area contributed by atoms with Gasteiger partial charge in [-0.05, 0) is 24.5 Å². The van der Waals surface area contributed by atoms with Crippen molar-refractivity contribution in [2.75, 3.05) is 13.7 Å². The number of ether oxygens (including phenoxy) is 1. The molecule has 4 nitrogen and oxygen atoms in total. The molecule has 0 radical (unpaired) electrons. The van der Waals surface area contributed by atoms with E-state index in [2.05, 4.69) is 21.6 Å². The van der Waals surface area contributed by atoms with Crippen LogP contribution in [0.5, 0.6) is 0 Å². The Morgan fingerprint density at radius 2 is 2.44 bits per heavy atom. The number of rotatable bonds is 3. The van der Waals surface area contributed by atoms with E-state index in [1.165, 1.54) is 7.11 Å². The minimum Gasteiger partial charge on any atom is -0.465 e. The van der Waals surface area contributed by atoms with Crippen LogP contribution in [0.2, 0.25) is 0 Å². The Morgan fingerprint density at radius 1 is 1.62 bits per heavy atom. The highest BCUT2D eigenvalue weighted by Crippen LogP contribution is 2.05. The van der Waals surface area contributed by atoms with Crippen molar-refractivity contribution in [3.05, 3.63) is 29.6 Å². The first kappa shape index (κ1) is 12.2. The van der Waals surface area contributed by atoms with Crippen molar-refractivity contribution in [3.8, 4) is 11.8 Å². The summed E-state index contributed by atoms with van der Waals surface area (Å²) in [5.74, 6) is 5.19. The van der Waals surface area contributed by atoms with Crippen LogP contribution in [0.1, 0.15) is 28.9 Å². The lowest BCUT2D eigenvalue weighted by atomic mass is 10.2. The van der Waals surface area contributed by atoms with Gasteiger partial charge in [0.2, 0.25) is 0 Å². The van der Waals surface area contributed by atoms with Gasteiger partial charge in [0.1, 0.15) is 5.69 Å². The van der Waals surface area contributed by atoms with E-state index in [1.54, 1.807) is 18.3 Å². The van der Waals surface area contributed by atoms with Crippen molar-refractivity contribution in [2.45, 2.75) is 12.8 Å². The van der Waals surface area contributed by atoms with Crippen LogP contribution in [-0.2, 0) is 4.74 Å². The molecule has 0 fully saturated rings. The largest absolute Gasteiger partial charge is 0.465 e. The predicted molar refractivity (Wildman–Crippen MR) is 58.8 cm³/mol. The van der Waals surface area contributed by atoms with Crippen molar-refractivity contribution in [1.29, 1.82) is 0 Å². The molecular weight excluding hydrogens is 206 g/mol. The van der Waals surface area contributed by atoms with Crippen LogP contribution in [0.25, 0.3) is 0 Å². The lowest BCUT2D eigenvalue weighted by molar-refractivity contribution is 0.0600. The number of aliphatic hydroxyl groups is 1. The SMILES string of the molecule is COC(=O)c1cccnc1C#CCCCO. The van der Waals surface area contributed by atoms with Crippen LogP contribution in [0, 0.1) is 11.8 Å². The van der Waals surface area contributed by atoms with Gasteiger partial charge in [0.05, 0.1) is 12.7 Å². The molecule has 1 heterocycles. The van der Waals surface area contributed by atoms with Gasteiger partial charge in [-0.1, -0.05) is 5.92 Å². The first-order valence-corrected chi connectivity index (χ1v) is 4.92. The fourth-order valence-electron chi connectivity index (χ4n) is 1.09. The smallest absolute Gasteiger partial charge is 0.340 e. The Bertz CT molecular complexity index is 418. The van der Waals surface area contributed by atoms with Crippen LogP contribution in [-0.4, -0.2) is 29.8 Å². The molecule has 0 aliphatic carbocycles. The summed E-state index contributed by atoms with van der Waals surface area (Å²) in [5.41, 5.74) is 0.772. The molecule has 1 aromatic rings. The fraction of sp³-hybridized carbons (Fsp3) is 0.333. The Morgan fingerprint density at radius 3 is 3.12 bits per heavy atom. The van der Waals surface area contributed by atoms with Crippen LogP contribution < -0.4 is 0 Å². The Balaban J connectivity index is 2.85. The second-order valence-electron chi connectivity index (χ2n) is 3.02. The number of hydrogen-bond donors (Lipinski definition) is 1. The second kappa shape index (κ2) is 6.59. The Labute approximate surface area is 94.3 Å². The van der Waals surface area contributed by atoms with Gasteiger partial charge < -0.3 is 9.84 Å². The van der Waals surface area contributed by atoms with Crippen molar-refractivity contribution >= 4 is 5.97 Å². The molecule has 0 amide bonds. The third kappa shape index (κ3) is 3.37. The molecule has 1 N–H and O–H groups in total. The van der Waals surface area contributed by atoms with Crippen molar-refractivity contribution in [3.63, 3.8) is 0 Å². The second-order valence-corrected chi connectivity index (χ2v) is 3.02. The van der Waals surface area contributed by atoms with Gasteiger partial charge in [-0.15, -0.1) is 0 Å². The minimum atomic E-state index is -0.445. The standard InChI is InChI=1S/C12H13NO3/c1-16-12(15)10-6-5-8-13-11(10)7-3-2-4-9-14/h5-6,8,14H,2,4,9H2,1H3. The molecule has 0 saturated heterocycles. The normalized spacial score (nSPS) is 9.12. The van der Waals surface area contributed by atoms with E-state index >= 15 is 0 Å². The van der Waals surface area contributed by atoms with Crippen LogP contribution in [0.15, 0.2) is 18.3 Å². The maximum absolute atomic E-state index is 11.4. The number of hydrogen-bond acceptors (Lipinski definition) is 4. The lowest BCUT2D eigenvalue weighted by Gasteiger charge is -2.00. The number of aliphatic hydroxyl groups excluding tert-OH is 1. The van der Waals surface area contributed by atoms with E-state index in [0.29, 0.717) is 24.1 Å². The van der Waals surface area contributed by atoms with Crippen LogP contribution in [0.3, 0.4) is 0 Å². The molecule has 0 unspecified atom stereocenters. The summed E-state index contributed by atoms with van der Waals surface area (Å²) in [5, 5.41) is 8.59. The van der Waals surface area contributed by atoms with Crippen LogP contribution >= 0.6 is 0 Å². The molecule has 0 aromatic carbocycles. The molecular formula is C12H13NO3. The molecule has 16 heavy (non-hydrogen) atoms. The number of nitrogens with zero attached hydrogens (tertiary/aromatic N) is 1. The molecule has 1 rings (SSSR count). The zero-order chi connectivity index (χ0) is 11.8.